The van der Waals surface area contributed by atoms with Crippen LogP contribution in [0.4, 0.5) is 0 Å². The predicted molar refractivity (Wildman–Crippen MR) is 119 cm³/mol. The fraction of sp³-hybridized carbons (Fsp3) is 0.963. The van der Waals surface area contributed by atoms with Crippen molar-refractivity contribution in [3.8, 4) is 0 Å². The molecule has 5 unspecified atom stereocenters. The third-order valence-corrected chi connectivity index (χ3v) is 10.6. The van der Waals surface area contributed by atoms with Gasteiger partial charge in [-0.3, -0.25) is 4.79 Å². The Kier molecular flexibility index (Phi) is 5.99. The van der Waals surface area contributed by atoms with Crippen molar-refractivity contribution in [3.05, 3.63) is 0 Å². The normalized spacial score (nSPS) is 48.2. The molecule has 4 fully saturated rings. The van der Waals surface area contributed by atoms with E-state index in [1.165, 1.54) is 44.9 Å². The summed E-state index contributed by atoms with van der Waals surface area (Å²) in [5.74, 6) is 4.93. The number of aliphatic hydroxyl groups excluding tert-OH is 1. The van der Waals surface area contributed by atoms with Crippen molar-refractivity contribution in [2.45, 2.75) is 111 Å². The molecule has 4 aliphatic rings. The summed E-state index contributed by atoms with van der Waals surface area (Å²) in [6.45, 7) is 12.2. The first kappa shape index (κ1) is 21.8. The molecule has 0 aromatic rings. The van der Waals surface area contributed by atoms with Gasteiger partial charge in [-0.25, -0.2) is 0 Å². The van der Waals surface area contributed by atoms with Crippen LogP contribution in [-0.2, 0) is 4.79 Å². The van der Waals surface area contributed by atoms with Gasteiger partial charge in [-0.15, -0.1) is 0 Å². The molecule has 0 spiro atoms. The van der Waals surface area contributed by atoms with E-state index in [4.69, 9.17) is 0 Å². The standard InChI is InChI=1S/C27H46O2/c1-17(2)7-6-8-18(3)21-9-10-22-25-23(12-14-27(21,22)5)26(4)13-11-20(28)15-19(26)16-24(25)29/h17-23,25,28H,6-16H2,1-5H3/t18-,19?,20-,21?,22?,23?,25?,26-,27+/m0/s1. The largest absolute Gasteiger partial charge is 0.393 e. The summed E-state index contributed by atoms with van der Waals surface area (Å²) in [5.41, 5.74) is 0.672. The molecule has 0 bridgehead atoms. The van der Waals surface area contributed by atoms with Crippen LogP contribution < -0.4 is 0 Å². The van der Waals surface area contributed by atoms with Gasteiger partial charge in [0.25, 0.3) is 0 Å². The molecule has 0 heterocycles. The zero-order valence-electron chi connectivity index (χ0n) is 19.8. The van der Waals surface area contributed by atoms with E-state index in [-0.39, 0.29) is 6.10 Å². The lowest BCUT2D eigenvalue weighted by molar-refractivity contribution is -0.160. The topological polar surface area (TPSA) is 37.3 Å². The minimum atomic E-state index is -0.172. The van der Waals surface area contributed by atoms with Gasteiger partial charge in [-0.2, -0.15) is 0 Å². The molecule has 29 heavy (non-hydrogen) atoms. The van der Waals surface area contributed by atoms with Crippen molar-refractivity contribution in [1.29, 1.82) is 0 Å². The number of rotatable bonds is 5. The van der Waals surface area contributed by atoms with Crippen LogP contribution in [0.5, 0.6) is 0 Å². The summed E-state index contributed by atoms with van der Waals surface area (Å²) >= 11 is 0. The second kappa shape index (κ2) is 7.95. The Balaban J connectivity index is 1.51. The van der Waals surface area contributed by atoms with Crippen LogP contribution in [0.25, 0.3) is 0 Å². The predicted octanol–water partition coefficient (Wildman–Crippen LogP) is 6.65. The number of hydrogen-bond acceptors (Lipinski definition) is 2. The third kappa shape index (κ3) is 3.64. The molecule has 2 heteroatoms. The van der Waals surface area contributed by atoms with Gasteiger partial charge in [0, 0.05) is 12.3 Å². The second-order valence-electron chi connectivity index (χ2n) is 12.6. The summed E-state index contributed by atoms with van der Waals surface area (Å²) in [6, 6.07) is 0. The molecule has 4 rings (SSSR count). The molecule has 0 saturated heterocycles. The molecule has 1 N–H and O–H groups in total. The third-order valence-electron chi connectivity index (χ3n) is 10.6. The molecule has 0 aliphatic heterocycles. The van der Waals surface area contributed by atoms with E-state index in [1.807, 2.05) is 0 Å². The van der Waals surface area contributed by atoms with Crippen molar-refractivity contribution in [3.63, 3.8) is 0 Å². The lowest BCUT2D eigenvalue weighted by atomic mass is 9.44. The first-order valence-electron chi connectivity index (χ1n) is 12.9. The van der Waals surface area contributed by atoms with Gasteiger partial charge in [0.2, 0.25) is 0 Å². The van der Waals surface area contributed by atoms with Crippen molar-refractivity contribution in [1.82, 2.24) is 0 Å². The Morgan fingerprint density at radius 1 is 0.966 bits per heavy atom. The zero-order chi connectivity index (χ0) is 21.0. The highest BCUT2D eigenvalue weighted by molar-refractivity contribution is 5.83. The molecule has 0 amide bonds. The minimum absolute atomic E-state index is 0.172. The SMILES string of the molecule is CC(C)CCC[C@H](C)C1CCC2C3C(=O)CC4C[C@@H](O)CC[C@]4(C)C3CC[C@@]21C. The van der Waals surface area contributed by atoms with Crippen LogP contribution in [0, 0.1) is 52.3 Å². The summed E-state index contributed by atoms with van der Waals surface area (Å²) in [7, 11) is 0. The van der Waals surface area contributed by atoms with Gasteiger partial charge in [0.15, 0.2) is 0 Å². The molecule has 4 saturated carbocycles. The van der Waals surface area contributed by atoms with E-state index in [0.717, 1.165) is 43.4 Å². The van der Waals surface area contributed by atoms with E-state index in [0.29, 0.717) is 40.3 Å². The van der Waals surface area contributed by atoms with Crippen LogP contribution in [0.1, 0.15) is 105 Å². The Morgan fingerprint density at radius 3 is 2.38 bits per heavy atom. The maximum Gasteiger partial charge on any atom is 0.136 e. The van der Waals surface area contributed by atoms with Gasteiger partial charge in [0.1, 0.15) is 5.78 Å². The van der Waals surface area contributed by atoms with Crippen LogP contribution in [0.15, 0.2) is 0 Å². The summed E-state index contributed by atoms with van der Waals surface area (Å²) in [6.07, 6.45) is 12.8. The summed E-state index contributed by atoms with van der Waals surface area (Å²) in [4.78, 5) is 13.5. The molecular formula is C27H46O2. The van der Waals surface area contributed by atoms with E-state index in [1.54, 1.807) is 0 Å². The maximum atomic E-state index is 13.5. The molecule has 0 aromatic heterocycles. The van der Waals surface area contributed by atoms with Crippen molar-refractivity contribution >= 4 is 5.78 Å². The lowest BCUT2D eigenvalue weighted by Crippen LogP contribution is -2.57. The van der Waals surface area contributed by atoms with E-state index in [9.17, 15) is 9.90 Å². The van der Waals surface area contributed by atoms with E-state index >= 15 is 0 Å². The molecule has 4 aliphatic carbocycles. The maximum absolute atomic E-state index is 13.5. The zero-order valence-corrected chi connectivity index (χ0v) is 19.8. The highest BCUT2D eigenvalue weighted by Gasteiger charge is 2.62. The Labute approximate surface area is 179 Å². The number of hydrogen-bond donors (Lipinski definition) is 1. The first-order valence-corrected chi connectivity index (χ1v) is 12.9. The van der Waals surface area contributed by atoms with Gasteiger partial charge in [-0.05, 0) is 91.3 Å². The number of carbonyl (C=O) groups is 1. The summed E-state index contributed by atoms with van der Waals surface area (Å²) in [5, 5.41) is 10.2. The molecular weight excluding hydrogens is 356 g/mol. The number of ketones is 1. The number of fused-ring (bicyclic) bond motifs is 5. The first-order chi connectivity index (χ1) is 13.7. The second-order valence-corrected chi connectivity index (χ2v) is 12.6. The number of carbonyl (C=O) groups excluding carboxylic acids is 1. The van der Waals surface area contributed by atoms with Crippen LogP contribution in [0.2, 0.25) is 0 Å². The van der Waals surface area contributed by atoms with E-state index < -0.39 is 0 Å². The van der Waals surface area contributed by atoms with E-state index in [2.05, 4.69) is 34.6 Å². The molecule has 0 aromatic carbocycles. The molecule has 9 atom stereocenters. The smallest absolute Gasteiger partial charge is 0.136 e. The highest BCUT2D eigenvalue weighted by atomic mass is 16.3. The van der Waals surface area contributed by atoms with Gasteiger partial charge >= 0.3 is 0 Å². The number of Topliss-reactive ketones (excluding diaryl/α,β-unsaturated/α-hetero) is 1. The highest BCUT2D eigenvalue weighted by Crippen LogP contribution is 2.67. The Bertz CT molecular complexity index is 612. The Hall–Kier alpha value is -0.370. The quantitative estimate of drug-likeness (QED) is 0.559. The monoisotopic (exact) mass is 402 g/mol. The molecule has 166 valence electrons. The van der Waals surface area contributed by atoms with Crippen LogP contribution >= 0.6 is 0 Å². The van der Waals surface area contributed by atoms with Gasteiger partial charge in [-0.1, -0.05) is 53.9 Å². The minimum Gasteiger partial charge on any atom is -0.393 e. The average Bonchev–Trinajstić information content (AvgIpc) is 3.00. The average molecular weight is 403 g/mol. The summed E-state index contributed by atoms with van der Waals surface area (Å²) < 4.78 is 0. The van der Waals surface area contributed by atoms with Crippen LogP contribution in [-0.4, -0.2) is 17.0 Å². The molecule has 2 nitrogen and oxygen atoms in total. The van der Waals surface area contributed by atoms with Crippen molar-refractivity contribution in [2.24, 2.45) is 52.3 Å². The van der Waals surface area contributed by atoms with Gasteiger partial charge < -0.3 is 5.11 Å². The van der Waals surface area contributed by atoms with Crippen LogP contribution in [0.3, 0.4) is 0 Å². The lowest BCUT2D eigenvalue weighted by Gasteiger charge is -2.60. The van der Waals surface area contributed by atoms with Crippen molar-refractivity contribution in [2.75, 3.05) is 0 Å². The van der Waals surface area contributed by atoms with Crippen molar-refractivity contribution < 1.29 is 9.90 Å². The number of aliphatic hydroxyl groups is 1. The Morgan fingerprint density at radius 2 is 1.66 bits per heavy atom. The van der Waals surface area contributed by atoms with Gasteiger partial charge in [0.05, 0.1) is 6.10 Å². The fourth-order valence-corrected chi connectivity index (χ4v) is 8.93. The molecule has 0 radical (unpaired) electrons. The fourth-order valence-electron chi connectivity index (χ4n) is 8.93.